The van der Waals surface area contributed by atoms with Crippen LogP contribution in [0.25, 0.3) is 22.0 Å². The molecule has 1 heterocycles. The zero-order valence-corrected chi connectivity index (χ0v) is 12.6. The van der Waals surface area contributed by atoms with Crippen LogP contribution in [0.1, 0.15) is 15.9 Å². The van der Waals surface area contributed by atoms with Gasteiger partial charge in [0.2, 0.25) is 0 Å². The molecule has 0 saturated carbocycles. The van der Waals surface area contributed by atoms with Crippen LogP contribution in [-0.2, 0) is 0 Å². The Morgan fingerprint density at radius 3 is 2.61 bits per heavy atom. The van der Waals surface area contributed by atoms with Gasteiger partial charge in [0.15, 0.2) is 17.3 Å². The molecule has 5 heteroatoms. The van der Waals surface area contributed by atoms with Gasteiger partial charge in [-0.25, -0.2) is 0 Å². The maximum atomic E-state index is 12.9. The number of hydrogen-bond donors (Lipinski definition) is 1. The van der Waals surface area contributed by atoms with Gasteiger partial charge in [0.25, 0.3) is 0 Å². The molecule has 0 saturated heterocycles. The molecule has 3 aromatic rings. The van der Waals surface area contributed by atoms with Crippen LogP contribution in [0, 0.1) is 0 Å². The van der Waals surface area contributed by atoms with Gasteiger partial charge in [0, 0.05) is 22.7 Å². The summed E-state index contributed by atoms with van der Waals surface area (Å²) in [6.07, 6.45) is 1.68. The first-order valence-corrected chi connectivity index (χ1v) is 7.07. The second-order valence-corrected chi connectivity index (χ2v) is 5.30. The fraction of sp³-hybridized carbons (Fsp3) is 0.111. The Balaban J connectivity index is 2.18. The number of carbonyl (C=O) groups is 1. The van der Waals surface area contributed by atoms with Gasteiger partial charge in [-0.3, -0.25) is 9.78 Å². The van der Waals surface area contributed by atoms with Crippen molar-refractivity contribution in [3.63, 3.8) is 0 Å². The molecular weight excluding hydrogens is 294 g/mol. The molecule has 0 amide bonds. The molecular formula is C18H13NO4. The van der Waals surface area contributed by atoms with E-state index < -0.39 is 0 Å². The van der Waals surface area contributed by atoms with E-state index in [2.05, 4.69) is 4.98 Å². The Labute approximate surface area is 132 Å². The van der Waals surface area contributed by atoms with Crippen LogP contribution in [0.4, 0.5) is 0 Å². The predicted octanol–water partition coefficient (Wildman–Crippen LogP) is 3.17. The van der Waals surface area contributed by atoms with Crippen LogP contribution >= 0.6 is 0 Å². The number of phenolic OH excluding ortho intramolecular Hbond substituents is 1. The average Bonchev–Trinajstić information content (AvgIpc) is 2.59. The minimum absolute atomic E-state index is 0.152. The lowest BCUT2D eigenvalue weighted by Gasteiger charge is -2.21. The van der Waals surface area contributed by atoms with Crippen molar-refractivity contribution >= 4 is 16.6 Å². The second kappa shape index (κ2) is 4.71. The van der Waals surface area contributed by atoms with Gasteiger partial charge in [0.1, 0.15) is 5.75 Å². The molecule has 0 aliphatic heterocycles. The second-order valence-electron chi connectivity index (χ2n) is 5.30. The van der Waals surface area contributed by atoms with Crippen LogP contribution in [0.2, 0.25) is 0 Å². The molecule has 114 valence electrons. The predicted molar refractivity (Wildman–Crippen MR) is 85.4 cm³/mol. The monoisotopic (exact) mass is 307 g/mol. The molecule has 0 atom stereocenters. The smallest absolute Gasteiger partial charge is 0.198 e. The SMILES string of the molecule is COc1ccc2c(c1)-c1nccc3cc(OC)c(O)c(c13)C2=O. The van der Waals surface area contributed by atoms with Crippen molar-refractivity contribution in [3.05, 3.63) is 47.7 Å². The minimum atomic E-state index is -0.246. The number of aromatic hydroxyl groups is 1. The topological polar surface area (TPSA) is 68.7 Å². The van der Waals surface area contributed by atoms with Gasteiger partial charge in [0.05, 0.1) is 25.5 Å². The molecule has 0 unspecified atom stereocenters. The lowest BCUT2D eigenvalue weighted by atomic mass is 9.85. The van der Waals surface area contributed by atoms with Crippen molar-refractivity contribution in [1.82, 2.24) is 4.98 Å². The Bertz CT molecular complexity index is 978. The highest BCUT2D eigenvalue weighted by Crippen LogP contribution is 2.45. The van der Waals surface area contributed by atoms with Crippen molar-refractivity contribution in [2.24, 2.45) is 0 Å². The number of ketones is 1. The number of pyridine rings is 1. The van der Waals surface area contributed by atoms with E-state index in [9.17, 15) is 9.90 Å². The van der Waals surface area contributed by atoms with Crippen molar-refractivity contribution in [3.8, 4) is 28.5 Å². The molecule has 4 rings (SSSR count). The van der Waals surface area contributed by atoms with Gasteiger partial charge < -0.3 is 14.6 Å². The fourth-order valence-corrected chi connectivity index (χ4v) is 3.07. The van der Waals surface area contributed by atoms with Crippen molar-refractivity contribution in [2.75, 3.05) is 14.2 Å². The molecule has 0 radical (unpaired) electrons. The number of carbonyl (C=O) groups excluding carboxylic acids is 1. The number of benzene rings is 2. The summed E-state index contributed by atoms with van der Waals surface area (Å²) >= 11 is 0. The minimum Gasteiger partial charge on any atom is -0.504 e. The zero-order valence-electron chi connectivity index (χ0n) is 12.6. The third kappa shape index (κ3) is 1.73. The van der Waals surface area contributed by atoms with E-state index in [-0.39, 0.29) is 22.8 Å². The van der Waals surface area contributed by atoms with Gasteiger partial charge in [-0.2, -0.15) is 0 Å². The Morgan fingerprint density at radius 2 is 1.87 bits per heavy atom. The van der Waals surface area contributed by atoms with E-state index in [1.807, 2.05) is 0 Å². The van der Waals surface area contributed by atoms with Gasteiger partial charge in [-0.05, 0) is 35.7 Å². The van der Waals surface area contributed by atoms with Crippen molar-refractivity contribution in [2.45, 2.75) is 0 Å². The van der Waals surface area contributed by atoms with Crippen LogP contribution < -0.4 is 9.47 Å². The highest BCUT2D eigenvalue weighted by atomic mass is 16.5. The largest absolute Gasteiger partial charge is 0.504 e. The van der Waals surface area contributed by atoms with E-state index in [0.717, 1.165) is 5.39 Å². The van der Waals surface area contributed by atoms with E-state index in [0.29, 0.717) is 28.0 Å². The summed E-state index contributed by atoms with van der Waals surface area (Å²) in [5.41, 5.74) is 2.09. The number of ether oxygens (including phenoxy) is 2. The van der Waals surface area contributed by atoms with Crippen LogP contribution in [0.3, 0.4) is 0 Å². The van der Waals surface area contributed by atoms with E-state index in [1.54, 1.807) is 43.6 Å². The fourth-order valence-electron chi connectivity index (χ4n) is 3.07. The van der Waals surface area contributed by atoms with Crippen molar-refractivity contribution in [1.29, 1.82) is 0 Å². The van der Waals surface area contributed by atoms with E-state index in [4.69, 9.17) is 9.47 Å². The number of nitrogens with zero attached hydrogens (tertiary/aromatic N) is 1. The van der Waals surface area contributed by atoms with Crippen LogP contribution in [-0.4, -0.2) is 30.1 Å². The molecule has 1 aliphatic carbocycles. The number of hydrogen-bond acceptors (Lipinski definition) is 5. The Hall–Kier alpha value is -3.08. The zero-order chi connectivity index (χ0) is 16.1. The summed E-state index contributed by atoms with van der Waals surface area (Å²) in [4.78, 5) is 17.3. The quantitative estimate of drug-likeness (QED) is 0.616. The van der Waals surface area contributed by atoms with E-state index >= 15 is 0 Å². The first kappa shape index (κ1) is 13.6. The van der Waals surface area contributed by atoms with Crippen LogP contribution in [0.5, 0.6) is 17.2 Å². The van der Waals surface area contributed by atoms with Gasteiger partial charge in [-0.15, -0.1) is 0 Å². The summed E-state index contributed by atoms with van der Waals surface area (Å²) in [5, 5.41) is 11.9. The maximum absolute atomic E-state index is 12.9. The molecule has 1 aliphatic rings. The molecule has 0 spiro atoms. The third-order valence-electron chi connectivity index (χ3n) is 4.16. The highest BCUT2D eigenvalue weighted by Gasteiger charge is 2.30. The molecule has 2 aromatic carbocycles. The normalized spacial score (nSPS) is 12.2. The summed E-state index contributed by atoms with van der Waals surface area (Å²) in [6.45, 7) is 0. The molecule has 23 heavy (non-hydrogen) atoms. The third-order valence-corrected chi connectivity index (χ3v) is 4.16. The first-order chi connectivity index (χ1) is 11.2. The maximum Gasteiger partial charge on any atom is 0.198 e. The molecule has 1 N–H and O–H groups in total. The molecule has 1 aromatic heterocycles. The van der Waals surface area contributed by atoms with Gasteiger partial charge in [-0.1, -0.05) is 0 Å². The summed E-state index contributed by atoms with van der Waals surface area (Å²) in [6, 6.07) is 8.71. The number of rotatable bonds is 2. The molecule has 0 bridgehead atoms. The summed E-state index contributed by atoms with van der Waals surface area (Å²) in [5.74, 6) is 0.525. The summed E-state index contributed by atoms with van der Waals surface area (Å²) in [7, 11) is 3.03. The molecule has 0 fully saturated rings. The van der Waals surface area contributed by atoms with Crippen molar-refractivity contribution < 1.29 is 19.4 Å². The Kier molecular flexibility index (Phi) is 2.78. The Morgan fingerprint density at radius 1 is 1.04 bits per heavy atom. The van der Waals surface area contributed by atoms with Gasteiger partial charge >= 0.3 is 0 Å². The molecule has 5 nitrogen and oxygen atoms in total. The number of methoxy groups -OCH3 is 2. The first-order valence-electron chi connectivity index (χ1n) is 7.07. The standard InChI is InChI=1S/C18H13NO4/c1-22-10-3-4-11-12(8-10)16-14-9(5-6-19-16)7-13(23-2)18(21)15(14)17(11)20/h3-8,21H,1-2H3. The highest BCUT2D eigenvalue weighted by molar-refractivity contribution is 6.27. The number of fused-ring (bicyclic) bond motifs is 2. The van der Waals surface area contributed by atoms with E-state index in [1.165, 1.54) is 7.11 Å². The number of phenols is 1. The lowest BCUT2D eigenvalue weighted by Crippen LogP contribution is -2.12. The number of aromatic nitrogens is 1. The lowest BCUT2D eigenvalue weighted by molar-refractivity contribution is 0.103. The average molecular weight is 307 g/mol. The van der Waals surface area contributed by atoms with Crippen LogP contribution in [0.15, 0.2) is 36.5 Å². The summed E-state index contributed by atoms with van der Waals surface area (Å²) < 4.78 is 10.4.